The SMILES string of the molecule is CNC(=O)C(C)Sc1nnc(-c2ccccc2)c(-c2ccccc2)n1. The van der Waals surface area contributed by atoms with Gasteiger partial charge in [-0.15, -0.1) is 10.2 Å². The van der Waals surface area contributed by atoms with Crippen LogP contribution in [0.1, 0.15) is 6.92 Å². The first kappa shape index (κ1) is 17.1. The van der Waals surface area contributed by atoms with Gasteiger partial charge in [0.05, 0.1) is 5.25 Å². The van der Waals surface area contributed by atoms with Gasteiger partial charge in [-0.25, -0.2) is 4.98 Å². The van der Waals surface area contributed by atoms with E-state index in [4.69, 9.17) is 0 Å². The maximum absolute atomic E-state index is 11.8. The van der Waals surface area contributed by atoms with Crippen molar-refractivity contribution in [1.29, 1.82) is 0 Å². The molecule has 0 fully saturated rings. The summed E-state index contributed by atoms with van der Waals surface area (Å²) in [5, 5.41) is 11.4. The molecule has 6 heteroatoms. The molecule has 1 unspecified atom stereocenters. The number of carbonyl (C=O) groups is 1. The normalized spacial score (nSPS) is 11.8. The van der Waals surface area contributed by atoms with Crippen molar-refractivity contribution in [1.82, 2.24) is 20.5 Å². The Morgan fingerprint density at radius 2 is 1.48 bits per heavy atom. The molecular weight excluding hydrogens is 332 g/mol. The summed E-state index contributed by atoms with van der Waals surface area (Å²) in [6.07, 6.45) is 0. The lowest BCUT2D eigenvalue weighted by Crippen LogP contribution is -2.27. The Morgan fingerprint density at radius 1 is 0.920 bits per heavy atom. The van der Waals surface area contributed by atoms with Crippen molar-refractivity contribution in [2.24, 2.45) is 0 Å². The van der Waals surface area contributed by atoms with Crippen LogP contribution in [0.2, 0.25) is 0 Å². The molecule has 3 rings (SSSR count). The molecule has 0 saturated carbocycles. The minimum atomic E-state index is -0.294. The smallest absolute Gasteiger partial charge is 0.233 e. The Balaban J connectivity index is 2.04. The average Bonchev–Trinajstić information content (AvgIpc) is 2.68. The third kappa shape index (κ3) is 4.03. The van der Waals surface area contributed by atoms with Gasteiger partial charge >= 0.3 is 0 Å². The minimum Gasteiger partial charge on any atom is -0.358 e. The van der Waals surface area contributed by atoms with Crippen molar-refractivity contribution in [3.8, 4) is 22.5 Å². The van der Waals surface area contributed by atoms with Crippen molar-refractivity contribution in [2.45, 2.75) is 17.3 Å². The summed E-state index contributed by atoms with van der Waals surface area (Å²) in [6, 6.07) is 19.7. The highest BCUT2D eigenvalue weighted by Crippen LogP contribution is 2.30. The zero-order valence-corrected chi connectivity index (χ0v) is 14.8. The second-order valence-corrected chi connectivity index (χ2v) is 6.71. The molecule has 0 aliphatic rings. The number of hydrogen-bond donors (Lipinski definition) is 1. The lowest BCUT2D eigenvalue weighted by molar-refractivity contribution is -0.119. The zero-order chi connectivity index (χ0) is 17.6. The number of amides is 1. The van der Waals surface area contributed by atoms with E-state index in [1.165, 1.54) is 11.8 Å². The molecule has 5 nitrogen and oxygen atoms in total. The summed E-state index contributed by atoms with van der Waals surface area (Å²) >= 11 is 1.29. The first-order valence-electron chi connectivity index (χ1n) is 7.93. The van der Waals surface area contributed by atoms with Gasteiger partial charge in [-0.2, -0.15) is 0 Å². The van der Waals surface area contributed by atoms with Crippen LogP contribution in [0.25, 0.3) is 22.5 Å². The van der Waals surface area contributed by atoms with Gasteiger partial charge in [0.15, 0.2) is 0 Å². The van der Waals surface area contributed by atoms with Gasteiger partial charge in [-0.1, -0.05) is 72.4 Å². The van der Waals surface area contributed by atoms with Crippen molar-refractivity contribution in [3.05, 3.63) is 60.7 Å². The van der Waals surface area contributed by atoms with E-state index in [2.05, 4.69) is 20.5 Å². The lowest BCUT2D eigenvalue weighted by Gasteiger charge is -2.11. The van der Waals surface area contributed by atoms with Crippen LogP contribution in [-0.2, 0) is 4.79 Å². The Kier molecular flexibility index (Phi) is 5.40. The van der Waals surface area contributed by atoms with E-state index in [-0.39, 0.29) is 11.2 Å². The van der Waals surface area contributed by atoms with Crippen LogP contribution >= 0.6 is 11.8 Å². The molecule has 1 aromatic heterocycles. The highest BCUT2D eigenvalue weighted by Gasteiger charge is 2.18. The predicted molar refractivity (Wildman–Crippen MR) is 100 cm³/mol. The van der Waals surface area contributed by atoms with Crippen molar-refractivity contribution in [2.75, 3.05) is 7.05 Å². The molecule has 1 amide bonds. The van der Waals surface area contributed by atoms with E-state index in [0.717, 1.165) is 22.5 Å². The summed E-state index contributed by atoms with van der Waals surface area (Å²) in [7, 11) is 1.62. The standard InChI is InChI=1S/C19H18N4OS/c1-13(18(24)20-2)25-19-21-16(14-9-5-3-6-10-14)17(22-23-19)15-11-7-4-8-12-15/h3-13H,1-2H3,(H,20,24). The third-order valence-corrected chi connectivity index (χ3v) is 4.61. The number of benzene rings is 2. The summed E-state index contributed by atoms with van der Waals surface area (Å²) in [4.78, 5) is 16.4. The number of hydrogen-bond acceptors (Lipinski definition) is 5. The molecular formula is C19H18N4OS. The summed E-state index contributed by atoms with van der Waals surface area (Å²) in [5.41, 5.74) is 3.40. The van der Waals surface area contributed by atoms with E-state index in [9.17, 15) is 4.79 Å². The van der Waals surface area contributed by atoms with E-state index in [1.807, 2.05) is 67.6 Å². The van der Waals surface area contributed by atoms with Gasteiger partial charge in [-0.05, 0) is 6.92 Å². The van der Waals surface area contributed by atoms with Gasteiger partial charge in [0.1, 0.15) is 11.4 Å². The zero-order valence-electron chi connectivity index (χ0n) is 14.0. The van der Waals surface area contributed by atoms with Crippen LogP contribution in [-0.4, -0.2) is 33.4 Å². The molecule has 2 aromatic carbocycles. The van der Waals surface area contributed by atoms with Crippen LogP contribution in [0.15, 0.2) is 65.8 Å². The minimum absolute atomic E-state index is 0.0676. The molecule has 0 aliphatic carbocycles. The Labute approximate surface area is 150 Å². The molecule has 1 N–H and O–H groups in total. The summed E-state index contributed by atoms with van der Waals surface area (Å²) in [5.74, 6) is -0.0676. The topological polar surface area (TPSA) is 67.8 Å². The van der Waals surface area contributed by atoms with Crippen molar-refractivity contribution < 1.29 is 4.79 Å². The maximum atomic E-state index is 11.8. The Morgan fingerprint density at radius 3 is 2.04 bits per heavy atom. The van der Waals surface area contributed by atoms with Crippen molar-refractivity contribution in [3.63, 3.8) is 0 Å². The lowest BCUT2D eigenvalue weighted by atomic mass is 10.0. The van der Waals surface area contributed by atoms with E-state index >= 15 is 0 Å². The highest BCUT2D eigenvalue weighted by atomic mass is 32.2. The quantitative estimate of drug-likeness (QED) is 0.714. The average molecular weight is 350 g/mol. The number of rotatable bonds is 5. The predicted octanol–water partition coefficient (Wildman–Crippen LogP) is 3.43. The Hall–Kier alpha value is -2.73. The molecule has 25 heavy (non-hydrogen) atoms. The van der Waals surface area contributed by atoms with Crippen LogP contribution in [0.3, 0.4) is 0 Å². The molecule has 3 aromatic rings. The fraction of sp³-hybridized carbons (Fsp3) is 0.158. The number of aromatic nitrogens is 3. The van der Waals surface area contributed by atoms with Gasteiger partial charge in [0, 0.05) is 18.2 Å². The van der Waals surface area contributed by atoms with E-state index < -0.39 is 0 Å². The number of thioether (sulfide) groups is 1. The Bertz CT molecular complexity index is 856. The largest absolute Gasteiger partial charge is 0.358 e. The molecule has 0 radical (unpaired) electrons. The van der Waals surface area contributed by atoms with Crippen molar-refractivity contribution >= 4 is 17.7 Å². The second kappa shape index (κ2) is 7.90. The highest BCUT2D eigenvalue weighted by molar-refractivity contribution is 8.00. The van der Waals surface area contributed by atoms with Gasteiger partial charge in [0.25, 0.3) is 0 Å². The second-order valence-electron chi connectivity index (χ2n) is 5.40. The van der Waals surface area contributed by atoms with Crippen LogP contribution in [0.4, 0.5) is 0 Å². The van der Waals surface area contributed by atoms with E-state index in [0.29, 0.717) is 5.16 Å². The molecule has 0 aliphatic heterocycles. The number of nitrogens with one attached hydrogen (secondary N) is 1. The van der Waals surface area contributed by atoms with Gasteiger partial charge in [0.2, 0.25) is 11.1 Å². The van der Waals surface area contributed by atoms with Crippen LogP contribution in [0.5, 0.6) is 0 Å². The van der Waals surface area contributed by atoms with Gasteiger partial charge in [-0.3, -0.25) is 4.79 Å². The van der Waals surface area contributed by atoms with Crippen LogP contribution < -0.4 is 5.32 Å². The number of carbonyl (C=O) groups excluding carboxylic acids is 1. The molecule has 1 atom stereocenters. The first-order chi connectivity index (χ1) is 12.2. The molecule has 126 valence electrons. The molecule has 0 saturated heterocycles. The van der Waals surface area contributed by atoms with Crippen LogP contribution in [0, 0.1) is 0 Å². The molecule has 0 bridgehead atoms. The van der Waals surface area contributed by atoms with E-state index in [1.54, 1.807) is 7.05 Å². The summed E-state index contributed by atoms with van der Waals surface area (Å²) in [6.45, 7) is 1.82. The van der Waals surface area contributed by atoms with Gasteiger partial charge < -0.3 is 5.32 Å². The monoisotopic (exact) mass is 350 g/mol. The number of nitrogens with zero attached hydrogens (tertiary/aromatic N) is 3. The fourth-order valence-electron chi connectivity index (χ4n) is 2.36. The maximum Gasteiger partial charge on any atom is 0.233 e. The molecule has 0 spiro atoms. The first-order valence-corrected chi connectivity index (χ1v) is 8.81. The fourth-order valence-corrected chi connectivity index (χ4v) is 3.14. The third-order valence-electron chi connectivity index (χ3n) is 3.66. The molecule has 1 heterocycles. The summed E-state index contributed by atoms with van der Waals surface area (Å²) < 4.78 is 0.